The molecule has 0 saturated carbocycles. The van der Waals surface area contributed by atoms with E-state index in [0.29, 0.717) is 17.6 Å². The van der Waals surface area contributed by atoms with Crippen molar-refractivity contribution in [3.05, 3.63) is 0 Å². The minimum absolute atomic E-state index is 0.186. The van der Waals surface area contributed by atoms with E-state index in [4.69, 9.17) is 0 Å². The molecule has 0 spiro atoms. The molecule has 8 heteroatoms. The Labute approximate surface area is 173 Å². The van der Waals surface area contributed by atoms with Crippen LogP contribution in [0.15, 0.2) is 0 Å². The quantitative estimate of drug-likeness (QED) is 0.262. The summed E-state index contributed by atoms with van der Waals surface area (Å²) in [6.07, 6.45) is 11.6. The molecule has 0 rings (SSSR count). The molecule has 0 aliphatic heterocycles. The summed E-state index contributed by atoms with van der Waals surface area (Å²) in [6.45, 7) is 3.03. The summed E-state index contributed by atoms with van der Waals surface area (Å²) >= 11 is 0. The Kier molecular flexibility index (Phi) is 14.0. The first-order chi connectivity index (χ1) is 13.0. The summed E-state index contributed by atoms with van der Waals surface area (Å²) in [6, 6.07) is -0.562. The van der Waals surface area contributed by atoms with Crippen LogP contribution in [0.5, 0.6) is 0 Å². The SMILES string of the molecule is CCCCCCCCCCCCN(C(CC(=O)O)C[N+](C)(C)C)S(=O)(=O)NC. The van der Waals surface area contributed by atoms with E-state index in [-0.39, 0.29) is 6.42 Å². The molecule has 0 saturated heterocycles. The average Bonchev–Trinajstić information content (AvgIpc) is 2.57. The normalized spacial score (nSPS) is 13.8. The summed E-state index contributed by atoms with van der Waals surface area (Å²) in [7, 11) is 3.53. The zero-order valence-corrected chi connectivity index (χ0v) is 19.6. The van der Waals surface area contributed by atoms with Crippen molar-refractivity contribution in [1.82, 2.24) is 9.03 Å². The lowest BCUT2D eigenvalue weighted by Crippen LogP contribution is -2.54. The van der Waals surface area contributed by atoms with E-state index < -0.39 is 22.2 Å². The number of unbranched alkanes of at least 4 members (excludes halogenated alkanes) is 9. The van der Waals surface area contributed by atoms with Crippen molar-refractivity contribution in [3.8, 4) is 0 Å². The highest BCUT2D eigenvalue weighted by molar-refractivity contribution is 7.87. The predicted molar refractivity (Wildman–Crippen MR) is 115 cm³/mol. The number of hydrogen-bond acceptors (Lipinski definition) is 3. The Balaban J connectivity index is 4.58. The summed E-state index contributed by atoms with van der Waals surface area (Å²) in [4.78, 5) is 11.3. The highest BCUT2D eigenvalue weighted by atomic mass is 32.2. The van der Waals surface area contributed by atoms with E-state index in [1.54, 1.807) is 0 Å². The Morgan fingerprint density at radius 2 is 1.43 bits per heavy atom. The van der Waals surface area contributed by atoms with Crippen LogP contribution < -0.4 is 4.72 Å². The van der Waals surface area contributed by atoms with Gasteiger partial charge in [-0.3, -0.25) is 4.79 Å². The van der Waals surface area contributed by atoms with Gasteiger partial charge in [0.25, 0.3) is 10.2 Å². The van der Waals surface area contributed by atoms with Crippen LogP contribution in [-0.2, 0) is 15.0 Å². The molecule has 0 aromatic rings. The van der Waals surface area contributed by atoms with Crippen LogP contribution in [0.3, 0.4) is 0 Å². The van der Waals surface area contributed by atoms with Crippen LogP contribution >= 0.6 is 0 Å². The molecule has 1 atom stereocenters. The van der Waals surface area contributed by atoms with Gasteiger partial charge >= 0.3 is 5.97 Å². The predicted octanol–water partition coefficient (Wildman–Crippen LogP) is 3.22. The first-order valence-corrected chi connectivity index (χ1v) is 12.2. The van der Waals surface area contributed by atoms with Crippen LogP contribution in [0.1, 0.15) is 77.6 Å². The first-order valence-electron chi connectivity index (χ1n) is 10.8. The molecule has 0 heterocycles. The third kappa shape index (κ3) is 13.5. The summed E-state index contributed by atoms with van der Waals surface area (Å²) in [5.41, 5.74) is 0. The van der Waals surface area contributed by atoms with Crippen molar-refractivity contribution < 1.29 is 22.8 Å². The van der Waals surface area contributed by atoms with Gasteiger partial charge in [-0.25, -0.2) is 4.72 Å². The lowest BCUT2D eigenvalue weighted by Gasteiger charge is -2.34. The van der Waals surface area contributed by atoms with E-state index >= 15 is 0 Å². The molecular formula is C20H44N3O4S+. The van der Waals surface area contributed by atoms with Gasteiger partial charge in [0.15, 0.2) is 0 Å². The molecule has 0 aromatic carbocycles. The number of nitrogens with zero attached hydrogens (tertiary/aromatic N) is 2. The second-order valence-electron chi connectivity index (χ2n) is 8.73. The van der Waals surface area contributed by atoms with E-state index in [9.17, 15) is 18.3 Å². The fourth-order valence-electron chi connectivity index (χ4n) is 3.46. The lowest BCUT2D eigenvalue weighted by molar-refractivity contribution is -0.872. The maximum Gasteiger partial charge on any atom is 0.305 e. The van der Waals surface area contributed by atoms with Crippen molar-refractivity contribution in [1.29, 1.82) is 0 Å². The lowest BCUT2D eigenvalue weighted by atomic mass is 10.1. The molecule has 28 heavy (non-hydrogen) atoms. The molecule has 7 nitrogen and oxygen atoms in total. The molecule has 0 aromatic heterocycles. The highest BCUT2D eigenvalue weighted by Gasteiger charge is 2.33. The van der Waals surface area contributed by atoms with Crippen LogP contribution in [0, 0.1) is 0 Å². The Morgan fingerprint density at radius 3 is 1.82 bits per heavy atom. The first kappa shape index (κ1) is 27.3. The third-order valence-electron chi connectivity index (χ3n) is 4.87. The average molecular weight is 423 g/mol. The molecule has 0 fully saturated rings. The van der Waals surface area contributed by atoms with Gasteiger partial charge in [0.05, 0.1) is 40.2 Å². The van der Waals surface area contributed by atoms with Gasteiger partial charge in [-0.2, -0.15) is 12.7 Å². The van der Waals surface area contributed by atoms with E-state index in [1.165, 1.54) is 56.3 Å². The van der Waals surface area contributed by atoms with E-state index in [0.717, 1.165) is 19.3 Å². The second kappa shape index (κ2) is 14.3. The van der Waals surface area contributed by atoms with Gasteiger partial charge in [0.2, 0.25) is 0 Å². The van der Waals surface area contributed by atoms with Crippen molar-refractivity contribution in [2.24, 2.45) is 0 Å². The van der Waals surface area contributed by atoms with Crippen LogP contribution in [-0.4, -0.2) is 75.6 Å². The molecule has 1 unspecified atom stereocenters. The molecule has 0 amide bonds. The number of quaternary nitrogens is 1. The van der Waals surface area contributed by atoms with Gasteiger partial charge in [0, 0.05) is 13.6 Å². The standard InChI is InChI=1S/C20H43N3O4S/c1-6-7-8-9-10-11-12-13-14-15-16-22(28(26,27)21-2)19(17-20(24)25)18-23(3,4)5/h19,21H,6-18H2,1-5H3/p+1. The molecule has 0 bridgehead atoms. The highest BCUT2D eigenvalue weighted by Crippen LogP contribution is 2.16. The van der Waals surface area contributed by atoms with Crippen molar-refractivity contribution in [2.75, 3.05) is 41.3 Å². The number of hydrogen-bond donors (Lipinski definition) is 2. The molecular weight excluding hydrogens is 378 g/mol. The van der Waals surface area contributed by atoms with Gasteiger partial charge < -0.3 is 9.59 Å². The number of likely N-dealkylation sites (N-methyl/N-ethyl adjacent to an activating group) is 1. The zero-order valence-electron chi connectivity index (χ0n) is 18.7. The molecule has 0 aliphatic rings. The number of aliphatic carboxylic acids is 1. The smallest absolute Gasteiger partial charge is 0.305 e. The van der Waals surface area contributed by atoms with Gasteiger partial charge in [-0.15, -0.1) is 0 Å². The number of nitrogens with one attached hydrogen (secondary N) is 1. The second-order valence-corrected chi connectivity index (χ2v) is 10.6. The van der Waals surface area contributed by atoms with Gasteiger partial charge in [-0.1, -0.05) is 64.7 Å². The van der Waals surface area contributed by atoms with E-state index in [2.05, 4.69) is 11.6 Å². The van der Waals surface area contributed by atoms with Gasteiger partial charge in [0.1, 0.15) is 0 Å². The number of rotatable bonds is 18. The fourth-order valence-corrected chi connectivity index (χ4v) is 4.60. The van der Waals surface area contributed by atoms with Gasteiger partial charge in [-0.05, 0) is 6.42 Å². The monoisotopic (exact) mass is 422 g/mol. The number of carbonyl (C=O) groups is 1. The van der Waals surface area contributed by atoms with Crippen molar-refractivity contribution >= 4 is 16.2 Å². The largest absolute Gasteiger partial charge is 0.481 e. The maximum atomic E-state index is 12.5. The van der Waals surface area contributed by atoms with Crippen LogP contribution in [0.25, 0.3) is 0 Å². The Bertz CT molecular complexity index is 518. The Morgan fingerprint density at radius 1 is 0.964 bits per heavy atom. The molecule has 0 radical (unpaired) electrons. The molecule has 0 aliphatic carbocycles. The van der Waals surface area contributed by atoms with Crippen LogP contribution in [0.4, 0.5) is 0 Å². The third-order valence-corrected chi connectivity index (χ3v) is 6.49. The van der Waals surface area contributed by atoms with Crippen molar-refractivity contribution in [2.45, 2.75) is 83.6 Å². The molecule has 168 valence electrons. The summed E-state index contributed by atoms with van der Waals surface area (Å²) in [5, 5.41) is 9.27. The fraction of sp³-hybridized carbons (Fsp3) is 0.950. The number of carboxylic acid groups (broad SMARTS) is 1. The number of carboxylic acids is 1. The van der Waals surface area contributed by atoms with E-state index in [1.807, 2.05) is 21.1 Å². The Hall–Kier alpha value is -0.700. The minimum Gasteiger partial charge on any atom is -0.481 e. The summed E-state index contributed by atoms with van der Waals surface area (Å²) < 4.78 is 29.3. The van der Waals surface area contributed by atoms with Crippen LogP contribution in [0.2, 0.25) is 0 Å². The minimum atomic E-state index is -3.68. The zero-order chi connectivity index (χ0) is 21.6. The topological polar surface area (TPSA) is 86.7 Å². The van der Waals surface area contributed by atoms with Crippen molar-refractivity contribution in [3.63, 3.8) is 0 Å². The maximum absolute atomic E-state index is 12.5. The molecule has 2 N–H and O–H groups in total. The summed E-state index contributed by atoms with van der Waals surface area (Å²) in [5.74, 6) is -0.974.